The zero-order valence-corrected chi connectivity index (χ0v) is 9.84. The van der Waals surface area contributed by atoms with Crippen LogP contribution in [0, 0.1) is 0 Å². The number of hydrogen-bond acceptors (Lipinski definition) is 4. The third-order valence-corrected chi connectivity index (χ3v) is 2.98. The van der Waals surface area contributed by atoms with E-state index in [2.05, 4.69) is 10.3 Å². The van der Waals surface area contributed by atoms with Crippen molar-refractivity contribution in [2.45, 2.75) is 18.9 Å². The van der Waals surface area contributed by atoms with E-state index in [0.717, 1.165) is 18.5 Å². The van der Waals surface area contributed by atoms with Gasteiger partial charge in [-0.1, -0.05) is 0 Å². The Bertz CT molecular complexity index is 614. The fourth-order valence-electron chi connectivity index (χ4n) is 1.85. The van der Waals surface area contributed by atoms with Crippen LogP contribution in [0.1, 0.15) is 18.9 Å². The van der Waals surface area contributed by atoms with Crippen molar-refractivity contribution in [1.82, 2.24) is 9.55 Å². The number of nitrogens with one attached hydrogen (secondary N) is 1. The van der Waals surface area contributed by atoms with Crippen LogP contribution in [0.4, 0.5) is 17.2 Å². The smallest absolute Gasteiger partial charge is 0.293 e. The monoisotopic (exact) mass is 242 g/mol. The summed E-state index contributed by atoms with van der Waals surface area (Å²) in [5.41, 5.74) is 7.04. The average molecular weight is 242 g/mol. The minimum absolute atomic E-state index is 0.0724. The second-order valence-electron chi connectivity index (χ2n) is 4.47. The largest absolute Gasteiger partial charge is 0.399 e. The van der Waals surface area contributed by atoms with Gasteiger partial charge in [-0.25, -0.2) is 4.98 Å². The van der Waals surface area contributed by atoms with Crippen molar-refractivity contribution in [3.05, 3.63) is 47.0 Å². The Labute approximate surface area is 104 Å². The van der Waals surface area contributed by atoms with Crippen LogP contribution in [0.3, 0.4) is 0 Å². The molecule has 0 unspecified atom stereocenters. The lowest BCUT2D eigenvalue weighted by Crippen LogP contribution is -2.22. The van der Waals surface area contributed by atoms with Crippen LogP contribution in [-0.2, 0) is 0 Å². The number of nitrogens with zero attached hydrogens (tertiary/aromatic N) is 2. The number of nitrogens with two attached hydrogens (primary N) is 1. The molecule has 0 aliphatic heterocycles. The number of hydrogen-bond donors (Lipinski definition) is 2. The van der Waals surface area contributed by atoms with Gasteiger partial charge in [0.2, 0.25) is 0 Å². The highest BCUT2D eigenvalue weighted by Crippen LogP contribution is 2.33. The molecule has 0 atom stereocenters. The zero-order chi connectivity index (χ0) is 12.5. The predicted molar refractivity (Wildman–Crippen MR) is 70.9 cm³/mol. The topological polar surface area (TPSA) is 72.9 Å². The second-order valence-corrected chi connectivity index (χ2v) is 4.47. The number of aromatic nitrogens is 2. The van der Waals surface area contributed by atoms with Crippen molar-refractivity contribution in [3.8, 4) is 0 Å². The molecule has 3 rings (SSSR count). The van der Waals surface area contributed by atoms with E-state index in [1.165, 1.54) is 0 Å². The molecule has 1 aliphatic rings. The highest BCUT2D eigenvalue weighted by Gasteiger charge is 2.25. The summed E-state index contributed by atoms with van der Waals surface area (Å²) in [6.45, 7) is 0. The molecule has 1 aromatic carbocycles. The van der Waals surface area contributed by atoms with E-state index in [4.69, 9.17) is 5.73 Å². The first-order valence-electron chi connectivity index (χ1n) is 5.94. The van der Waals surface area contributed by atoms with Gasteiger partial charge in [0, 0.05) is 29.8 Å². The molecule has 0 saturated heterocycles. The number of anilines is 3. The lowest BCUT2D eigenvalue weighted by Gasteiger charge is -2.08. The molecule has 3 N–H and O–H groups in total. The Hall–Kier alpha value is -2.30. The molecule has 2 aromatic rings. The molecule has 0 bridgehead atoms. The SMILES string of the molecule is Nc1ccc(Nc2nccn(C3CC3)c2=O)cc1. The summed E-state index contributed by atoms with van der Waals surface area (Å²) in [7, 11) is 0. The predicted octanol–water partition coefficient (Wildman–Crippen LogP) is 1.90. The molecule has 1 aromatic heterocycles. The van der Waals surface area contributed by atoms with Crippen molar-refractivity contribution < 1.29 is 0 Å². The highest BCUT2D eigenvalue weighted by molar-refractivity contribution is 5.58. The van der Waals surface area contributed by atoms with Crippen LogP contribution in [0.25, 0.3) is 0 Å². The fourth-order valence-corrected chi connectivity index (χ4v) is 1.85. The van der Waals surface area contributed by atoms with Gasteiger partial charge in [0.25, 0.3) is 5.56 Å². The van der Waals surface area contributed by atoms with E-state index in [0.29, 0.717) is 17.5 Å². The summed E-state index contributed by atoms with van der Waals surface area (Å²) in [5, 5.41) is 3.02. The van der Waals surface area contributed by atoms with Crippen LogP contribution >= 0.6 is 0 Å². The molecule has 5 nitrogen and oxygen atoms in total. The van der Waals surface area contributed by atoms with Gasteiger partial charge in [-0.15, -0.1) is 0 Å². The minimum atomic E-state index is -0.0724. The highest BCUT2D eigenvalue weighted by atomic mass is 16.1. The van der Waals surface area contributed by atoms with Crippen molar-refractivity contribution in [2.75, 3.05) is 11.1 Å². The van der Waals surface area contributed by atoms with Crippen molar-refractivity contribution in [1.29, 1.82) is 0 Å². The molecule has 18 heavy (non-hydrogen) atoms. The Morgan fingerprint density at radius 2 is 2.00 bits per heavy atom. The van der Waals surface area contributed by atoms with Crippen LogP contribution in [0.2, 0.25) is 0 Å². The van der Waals surface area contributed by atoms with Crippen LogP contribution in [-0.4, -0.2) is 9.55 Å². The average Bonchev–Trinajstić information content (AvgIpc) is 3.19. The first-order valence-corrected chi connectivity index (χ1v) is 5.94. The molecule has 1 fully saturated rings. The van der Waals surface area contributed by atoms with E-state index < -0.39 is 0 Å². The molecule has 92 valence electrons. The van der Waals surface area contributed by atoms with Gasteiger partial charge in [-0.05, 0) is 37.1 Å². The van der Waals surface area contributed by atoms with E-state index >= 15 is 0 Å². The Morgan fingerprint density at radius 3 is 2.67 bits per heavy atom. The molecule has 1 saturated carbocycles. The van der Waals surface area contributed by atoms with E-state index in [1.807, 2.05) is 12.1 Å². The summed E-state index contributed by atoms with van der Waals surface area (Å²) in [5.74, 6) is 0.356. The zero-order valence-electron chi connectivity index (χ0n) is 9.84. The van der Waals surface area contributed by atoms with Crippen molar-refractivity contribution in [2.24, 2.45) is 0 Å². The van der Waals surface area contributed by atoms with Crippen LogP contribution in [0.5, 0.6) is 0 Å². The maximum atomic E-state index is 12.1. The number of benzene rings is 1. The Morgan fingerprint density at radius 1 is 1.28 bits per heavy atom. The summed E-state index contributed by atoms with van der Waals surface area (Å²) in [6.07, 6.45) is 5.55. The molecule has 0 amide bonds. The van der Waals surface area contributed by atoms with Gasteiger partial charge < -0.3 is 15.6 Å². The van der Waals surface area contributed by atoms with Gasteiger partial charge in [-0.2, -0.15) is 0 Å². The van der Waals surface area contributed by atoms with E-state index in [-0.39, 0.29) is 5.56 Å². The summed E-state index contributed by atoms with van der Waals surface area (Å²) >= 11 is 0. The van der Waals surface area contributed by atoms with Gasteiger partial charge in [0.15, 0.2) is 5.82 Å². The number of rotatable bonds is 3. The molecule has 0 radical (unpaired) electrons. The standard InChI is InChI=1S/C13H14N4O/c14-9-1-3-10(4-2-9)16-12-13(18)17(8-7-15-12)11-5-6-11/h1-4,7-8,11H,5-6,14H2,(H,15,16). The maximum absolute atomic E-state index is 12.1. The summed E-state index contributed by atoms with van der Waals surface area (Å²) in [6, 6.07) is 7.57. The second kappa shape index (κ2) is 4.18. The Balaban J connectivity index is 1.90. The van der Waals surface area contributed by atoms with Crippen LogP contribution in [0.15, 0.2) is 41.5 Å². The van der Waals surface area contributed by atoms with Gasteiger partial charge in [-0.3, -0.25) is 4.79 Å². The molecular weight excluding hydrogens is 228 g/mol. The number of nitrogen functional groups attached to an aromatic ring is 1. The van der Waals surface area contributed by atoms with Gasteiger partial charge in [0.1, 0.15) is 0 Å². The molecule has 1 heterocycles. The van der Waals surface area contributed by atoms with E-state index in [1.54, 1.807) is 29.1 Å². The molecule has 1 aliphatic carbocycles. The maximum Gasteiger partial charge on any atom is 0.293 e. The first-order chi connectivity index (χ1) is 8.74. The van der Waals surface area contributed by atoms with Crippen molar-refractivity contribution in [3.63, 3.8) is 0 Å². The first kappa shape index (κ1) is 10.8. The lowest BCUT2D eigenvalue weighted by molar-refractivity contribution is 0.701. The fraction of sp³-hybridized carbons (Fsp3) is 0.231. The Kier molecular flexibility index (Phi) is 2.51. The lowest BCUT2D eigenvalue weighted by atomic mass is 10.3. The molecular formula is C13H14N4O. The summed E-state index contributed by atoms with van der Waals surface area (Å²) < 4.78 is 1.74. The molecule has 5 heteroatoms. The van der Waals surface area contributed by atoms with Crippen molar-refractivity contribution >= 4 is 17.2 Å². The third kappa shape index (κ3) is 2.07. The summed E-state index contributed by atoms with van der Waals surface area (Å²) in [4.78, 5) is 16.2. The minimum Gasteiger partial charge on any atom is -0.399 e. The van der Waals surface area contributed by atoms with E-state index in [9.17, 15) is 4.79 Å². The van der Waals surface area contributed by atoms with Crippen LogP contribution < -0.4 is 16.6 Å². The van der Waals surface area contributed by atoms with Gasteiger partial charge in [0.05, 0.1) is 0 Å². The third-order valence-electron chi connectivity index (χ3n) is 2.98. The normalized spacial score (nSPS) is 14.4. The quantitative estimate of drug-likeness (QED) is 0.806. The molecule has 0 spiro atoms. The van der Waals surface area contributed by atoms with Gasteiger partial charge >= 0.3 is 0 Å².